The van der Waals surface area contributed by atoms with E-state index in [0.717, 1.165) is 6.42 Å². The van der Waals surface area contributed by atoms with Crippen molar-refractivity contribution >= 4 is 12.3 Å². The SMILES string of the molecule is CC(C)(C)CCCCC(COO)C(C)(C)C.O=C(O)O.O=C(O)O. The van der Waals surface area contributed by atoms with Gasteiger partial charge >= 0.3 is 12.3 Å². The third-order valence-electron chi connectivity index (χ3n) is 3.23. The normalized spacial score (nSPS) is 12.1. The molecule has 24 heavy (non-hydrogen) atoms. The van der Waals surface area contributed by atoms with Crippen LogP contribution in [0.5, 0.6) is 0 Å². The maximum absolute atomic E-state index is 8.59. The molecule has 8 nitrogen and oxygen atoms in total. The summed E-state index contributed by atoms with van der Waals surface area (Å²) >= 11 is 0. The molecule has 0 aromatic heterocycles. The Morgan fingerprint density at radius 1 is 0.875 bits per heavy atom. The molecule has 0 bridgehead atoms. The second kappa shape index (κ2) is 13.9. The maximum atomic E-state index is 8.59. The standard InChI is InChI=1S/C14H30O2.2CH2O3/c1-13(2,3)10-8-7-9-12(11-16-15)14(4,5)6;2*2-1(3)4/h12,15H,7-11H2,1-6H3;2*(H2,2,3,4). The molecule has 0 aliphatic heterocycles. The molecule has 0 radical (unpaired) electrons. The topological polar surface area (TPSA) is 145 Å². The second-order valence-corrected chi connectivity index (χ2v) is 7.73. The predicted molar refractivity (Wildman–Crippen MR) is 90.8 cm³/mol. The molecule has 0 aromatic rings. The molecular weight excluding hydrogens is 320 g/mol. The molecule has 1 unspecified atom stereocenters. The van der Waals surface area contributed by atoms with E-state index in [1.807, 2.05) is 0 Å². The summed E-state index contributed by atoms with van der Waals surface area (Å²) in [5.41, 5.74) is 0.648. The summed E-state index contributed by atoms with van der Waals surface area (Å²) in [6, 6.07) is 0. The molecular formula is C16H34O8. The highest BCUT2D eigenvalue weighted by Gasteiger charge is 2.24. The Bertz CT molecular complexity index is 308. The Hall–Kier alpha value is -1.54. The lowest BCUT2D eigenvalue weighted by molar-refractivity contribution is -0.257. The van der Waals surface area contributed by atoms with Crippen LogP contribution in [-0.2, 0) is 4.89 Å². The first kappa shape index (κ1) is 27.3. The van der Waals surface area contributed by atoms with Crippen LogP contribution in [0.4, 0.5) is 9.59 Å². The number of rotatable bonds is 6. The molecule has 0 aromatic carbocycles. The van der Waals surface area contributed by atoms with Gasteiger partial charge in [-0.15, -0.1) is 0 Å². The van der Waals surface area contributed by atoms with Gasteiger partial charge in [0, 0.05) is 0 Å². The van der Waals surface area contributed by atoms with Gasteiger partial charge in [0.25, 0.3) is 0 Å². The van der Waals surface area contributed by atoms with Gasteiger partial charge in [-0.1, -0.05) is 54.4 Å². The number of hydrogen-bond acceptors (Lipinski definition) is 4. The Kier molecular flexibility index (Phi) is 15.8. The molecule has 146 valence electrons. The van der Waals surface area contributed by atoms with E-state index >= 15 is 0 Å². The molecule has 0 spiro atoms. The lowest BCUT2D eigenvalue weighted by Crippen LogP contribution is -2.25. The number of hydrogen-bond donors (Lipinski definition) is 5. The third kappa shape index (κ3) is 32.4. The van der Waals surface area contributed by atoms with Crippen molar-refractivity contribution in [3.8, 4) is 0 Å². The van der Waals surface area contributed by atoms with Gasteiger partial charge in [0.05, 0.1) is 6.61 Å². The largest absolute Gasteiger partial charge is 0.503 e. The quantitative estimate of drug-likeness (QED) is 0.249. The smallest absolute Gasteiger partial charge is 0.450 e. The van der Waals surface area contributed by atoms with Crippen LogP contribution in [0.2, 0.25) is 0 Å². The molecule has 0 heterocycles. The van der Waals surface area contributed by atoms with E-state index in [1.165, 1.54) is 19.3 Å². The van der Waals surface area contributed by atoms with E-state index in [0.29, 0.717) is 17.9 Å². The minimum atomic E-state index is -1.83. The summed E-state index contributed by atoms with van der Waals surface area (Å²) < 4.78 is 0. The molecule has 0 fully saturated rings. The Labute approximate surface area is 144 Å². The van der Waals surface area contributed by atoms with Crippen LogP contribution in [0.1, 0.15) is 67.2 Å². The van der Waals surface area contributed by atoms with Gasteiger partial charge in [0.2, 0.25) is 0 Å². The summed E-state index contributed by atoms with van der Waals surface area (Å²) in [5, 5.41) is 36.5. The van der Waals surface area contributed by atoms with E-state index in [2.05, 4.69) is 46.4 Å². The highest BCUT2D eigenvalue weighted by molar-refractivity contribution is 5.53. The fourth-order valence-electron chi connectivity index (χ4n) is 1.90. The average molecular weight is 354 g/mol. The van der Waals surface area contributed by atoms with Crippen molar-refractivity contribution in [3.63, 3.8) is 0 Å². The van der Waals surface area contributed by atoms with Crippen LogP contribution in [-0.4, -0.2) is 44.6 Å². The Balaban J connectivity index is -0.000000457. The van der Waals surface area contributed by atoms with E-state index in [-0.39, 0.29) is 5.41 Å². The van der Waals surface area contributed by atoms with Gasteiger partial charge in [0.1, 0.15) is 0 Å². The number of carbonyl (C=O) groups is 2. The predicted octanol–water partition coefficient (Wildman–Crippen LogP) is 5.19. The molecule has 0 aliphatic carbocycles. The molecule has 5 N–H and O–H groups in total. The van der Waals surface area contributed by atoms with Crippen molar-refractivity contribution in [2.24, 2.45) is 16.7 Å². The summed E-state index contributed by atoms with van der Waals surface area (Å²) in [6.07, 6.45) is 1.23. The zero-order valence-electron chi connectivity index (χ0n) is 15.6. The zero-order chi connectivity index (χ0) is 20.0. The lowest BCUT2D eigenvalue weighted by Gasteiger charge is -2.30. The zero-order valence-corrected chi connectivity index (χ0v) is 15.6. The van der Waals surface area contributed by atoms with Gasteiger partial charge in [-0.25, -0.2) is 14.5 Å². The van der Waals surface area contributed by atoms with Crippen molar-refractivity contribution < 1.29 is 40.2 Å². The van der Waals surface area contributed by atoms with Crippen LogP contribution in [0.25, 0.3) is 0 Å². The van der Waals surface area contributed by atoms with Crippen molar-refractivity contribution in [1.82, 2.24) is 0 Å². The van der Waals surface area contributed by atoms with E-state index in [1.54, 1.807) is 0 Å². The van der Waals surface area contributed by atoms with Gasteiger partial charge in [-0.3, -0.25) is 5.26 Å². The molecule has 0 saturated heterocycles. The summed E-state index contributed by atoms with van der Waals surface area (Å²) in [4.78, 5) is 21.4. The molecule has 0 aliphatic rings. The molecule has 0 saturated carbocycles. The second-order valence-electron chi connectivity index (χ2n) is 7.73. The first-order valence-electron chi connectivity index (χ1n) is 7.73. The molecule has 0 rings (SSSR count). The highest BCUT2D eigenvalue weighted by Crippen LogP contribution is 2.31. The monoisotopic (exact) mass is 354 g/mol. The fourth-order valence-corrected chi connectivity index (χ4v) is 1.90. The van der Waals surface area contributed by atoms with E-state index < -0.39 is 12.3 Å². The van der Waals surface area contributed by atoms with Gasteiger partial charge in [-0.2, -0.15) is 0 Å². The summed E-state index contributed by atoms with van der Waals surface area (Å²) in [7, 11) is 0. The van der Waals surface area contributed by atoms with Crippen LogP contribution >= 0.6 is 0 Å². The highest BCUT2D eigenvalue weighted by atomic mass is 17.1. The molecule has 0 amide bonds. The van der Waals surface area contributed by atoms with E-state index in [9.17, 15) is 0 Å². The molecule has 8 heteroatoms. The summed E-state index contributed by atoms with van der Waals surface area (Å²) in [5.74, 6) is 0.442. The van der Waals surface area contributed by atoms with Gasteiger partial charge in [-0.05, 0) is 29.6 Å². The van der Waals surface area contributed by atoms with Gasteiger partial charge < -0.3 is 20.4 Å². The Morgan fingerprint density at radius 3 is 1.50 bits per heavy atom. The number of unbranched alkanes of at least 4 members (excludes halogenated alkanes) is 1. The summed E-state index contributed by atoms with van der Waals surface area (Å²) in [6.45, 7) is 13.9. The average Bonchev–Trinajstić information content (AvgIpc) is 2.29. The van der Waals surface area contributed by atoms with Crippen molar-refractivity contribution in [3.05, 3.63) is 0 Å². The van der Waals surface area contributed by atoms with Crippen LogP contribution in [0, 0.1) is 16.7 Å². The first-order chi connectivity index (χ1) is 10.6. The Morgan fingerprint density at radius 2 is 1.25 bits per heavy atom. The van der Waals surface area contributed by atoms with Gasteiger partial charge in [0.15, 0.2) is 0 Å². The van der Waals surface area contributed by atoms with E-state index in [4.69, 9.17) is 35.3 Å². The molecule has 1 atom stereocenters. The van der Waals surface area contributed by atoms with Crippen molar-refractivity contribution in [2.75, 3.05) is 6.61 Å². The number of carboxylic acid groups (broad SMARTS) is 4. The fraction of sp³-hybridized carbons (Fsp3) is 0.875. The van der Waals surface area contributed by atoms with Crippen molar-refractivity contribution in [1.29, 1.82) is 0 Å². The minimum Gasteiger partial charge on any atom is -0.450 e. The van der Waals surface area contributed by atoms with Crippen molar-refractivity contribution in [2.45, 2.75) is 67.2 Å². The first-order valence-corrected chi connectivity index (χ1v) is 7.73. The van der Waals surface area contributed by atoms with Crippen LogP contribution < -0.4 is 0 Å². The van der Waals surface area contributed by atoms with Crippen LogP contribution in [0.15, 0.2) is 0 Å². The maximum Gasteiger partial charge on any atom is 0.503 e. The third-order valence-corrected chi connectivity index (χ3v) is 3.23. The van der Waals surface area contributed by atoms with Crippen LogP contribution in [0.3, 0.4) is 0 Å². The minimum absolute atomic E-state index is 0.213. The lowest BCUT2D eigenvalue weighted by atomic mass is 9.78.